The first-order valence-electron chi connectivity index (χ1n) is 11.5. The van der Waals surface area contributed by atoms with Gasteiger partial charge in [0.15, 0.2) is 11.5 Å². The number of nitrogens with zero attached hydrogens (tertiary/aromatic N) is 1. The molecule has 3 aliphatic heterocycles. The van der Waals surface area contributed by atoms with E-state index in [1.54, 1.807) is 0 Å². The van der Waals surface area contributed by atoms with Crippen molar-refractivity contribution in [3.63, 3.8) is 0 Å². The molecule has 1 N–H and O–H groups in total. The van der Waals surface area contributed by atoms with Gasteiger partial charge in [-0.1, -0.05) is 39.0 Å². The molecule has 2 aromatic rings. The maximum absolute atomic E-state index is 14.0. The first-order valence-corrected chi connectivity index (χ1v) is 12.5. The van der Waals surface area contributed by atoms with E-state index >= 15 is 0 Å². The second-order valence-electron chi connectivity index (χ2n) is 10.1. The molecule has 180 valence electrons. The zero-order valence-electron chi connectivity index (χ0n) is 19.8. The highest BCUT2D eigenvalue weighted by Crippen LogP contribution is 2.55. The number of carboxylic acid groups (broad SMARTS) is 1. The van der Waals surface area contributed by atoms with Gasteiger partial charge >= 0.3 is 5.97 Å². The fourth-order valence-corrected chi connectivity index (χ4v) is 6.38. The van der Waals surface area contributed by atoms with Crippen molar-refractivity contribution in [2.75, 3.05) is 24.7 Å². The Morgan fingerprint density at radius 1 is 1.12 bits per heavy atom. The second kappa shape index (κ2) is 8.41. The molecule has 1 amide bonds. The molecule has 0 aliphatic carbocycles. The van der Waals surface area contributed by atoms with Crippen molar-refractivity contribution in [2.24, 2.45) is 5.41 Å². The van der Waals surface area contributed by atoms with Crippen molar-refractivity contribution in [1.29, 1.82) is 0 Å². The lowest BCUT2D eigenvalue weighted by atomic mass is 9.84. The number of carbonyl (C=O) groups excluding carboxylic acids is 1. The number of aryl methyl sites for hydroxylation is 1. The van der Waals surface area contributed by atoms with E-state index in [1.165, 1.54) is 11.8 Å². The Hall–Kier alpha value is -2.87. The third-order valence-electron chi connectivity index (χ3n) is 6.53. The second-order valence-corrected chi connectivity index (χ2v) is 11.4. The van der Waals surface area contributed by atoms with E-state index in [1.807, 2.05) is 36.1 Å². The van der Waals surface area contributed by atoms with Gasteiger partial charge in [0.1, 0.15) is 25.6 Å². The Labute approximate surface area is 203 Å². The number of anilines is 1. The monoisotopic (exact) mass is 483 g/mol. The SMILES string of the molecule is Cc1cc2c3c(c1)[C@@H](c1cccc4c1OCCO4)S[C@H](CC(=O)O)C(=O)N3[C@H](C(C)(C)C)CO2. The molecule has 3 heterocycles. The maximum atomic E-state index is 14.0. The van der Waals surface area contributed by atoms with Gasteiger partial charge in [-0.3, -0.25) is 9.59 Å². The molecular weight excluding hydrogens is 454 g/mol. The average molecular weight is 484 g/mol. The normalized spacial score (nSPS) is 23.6. The summed E-state index contributed by atoms with van der Waals surface area (Å²) in [7, 11) is 0. The lowest BCUT2D eigenvalue weighted by molar-refractivity contribution is -0.138. The number of ether oxygens (including phenoxy) is 3. The summed E-state index contributed by atoms with van der Waals surface area (Å²) < 4.78 is 18.1. The van der Waals surface area contributed by atoms with Gasteiger partial charge in [0, 0.05) is 5.56 Å². The van der Waals surface area contributed by atoms with Crippen molar-refractivity contribution < 1.29 is 28.9 Å². The Morgan fingerprint density at radius 3 is 2.62 bits per heavy atom. The van der Waals surface area contributed by atoms with Gasteiger partial charge in [-0.25, -0.2) is 0 Å². The van der Waals surface area contributed by atoms with Gasteiger partial charge in [0.05, 0.1) is 28.6 Å². The highest BCUT2D eigenvalue weighted by Gasteiger charge is 2.47. The van der Waals surface area contributed by atoms with Gasteiger partial charge in [0.2, 0.25) is 5.91 Å². The van der Waals surface area contributed by atoms with Crippen LogP contribution in [-0.4, -0.2) is 48.1 Å². The van der Waals surface area contributed by atoms with Crippen molar-refractivity contribution in [3.8, 4) is 17.2 Å². The van der Waals surface area contributed by atoms with Crippen molar-refractivity contribution in [1.82, 2.24) is 0 Å². The van der Waals surface area contributed by atoms with E-state index in [9.17, 15) is 14.7 Å². The largest absolute Gasteiger partial charge is 0.489 e. The fraction of sp³-hybridized carbons (Fsp3) is 0.462. The van der Waals surface area contributed by atoms with Crippen LogP contribution in [0.2, 0.25) is 0 Å². The Balaban J connectivity index is 1.76. The molecule has 3 aliphatic rings. The highest BCUT2D eigenvalue weighted by molar-refractivity contribution is 8.01. The smallest absolute Gasteiger partial charge is 0.305 e. The molecule has 2 aromatic carbocycles. The van der Waals surface area contributed by atoms with Crippen LogP contribution in [0.1, 0.15) is 49.1 Å². The summed E-state index contributed by atoms with van der Waals surface area (Å²) in [5.41, 5.74) is 3.29. The molecule has 0 saturated heterocycles. The predicted molar refractivity (Wildman–Crippen MR) is 130 cm³/mol. The maximum Gasteiger partial charge on any atom is 0.305 e. The number of para-hydroxylation sites is 1. The number of rotatable bonds is 3. The van der Waals surface area contributed by atoms with E-state index in [4.69, 9.17) is 14.2 Å². The number of amides is 1. The molecule has 7 nitrogen and oxygen atoms in total. The number of hydrogen-bond acceptors (Lipinski definition) is 6. The number of fused-ring (bicyclic) bond motifs is 1. The van der Waals surface area contributed by atoms with Crippen LogP contribution < -0.4 is 19.1 Å². The summed E-state index contributed by atoms with van der Waals surface area (Å²) in [5.74, 6) is 0.790. The summed E-state index contributed by atoms with van der Waals surface area (Å²) in [4.78, 5) is 27.6. The van der Waals surface area contributed by atoms with Gasteiger partial charge in [-0.2, -0.15) is 0 Å². The summed E-state index contributed by atoms with van der Waals surface area (Å²) in [5, 5.41) is 8.60. The van der Waals surface area contributed by atoms with Crippen LogP contribution in [0, 0.1) is 12.3 Å². The molecule has 0 fully saturated rings. The van der Waals surface area contributed by atoms with Crippen LogP contribution >= 0.6 is 11.8 Å². The first-order chi connectivity index (χ1) is 16.1. The predicted octanol–water partition coefficient (Wildman–Crippen LogP) is 4.59. The first kappa shape index (κ1) is 22.9. The van der Waals surface area contributed by atoms with Crippen LogP contribution in [0.4, 0.5) is 5.69 Å². The third kappa shape index (κ3) is 3.87. The number of hydrogen-bond donors (Lipinski definition) is 1. The van der Waals surface area contributed by atoms with Gasteiger partial charge in [-0.15, -0.1) is 11.8 Å². The third-order valence-corrected chi connectivity index (χ3v) is 8.01. The number of carboxylic acids is 1. The summed E-state index contributed by atoms with van der Waals surface area (Å²) >= 11 is 1.37. The molecule has 0 radical (unpaired) electrons. The van der Waals surface area contributed by atoms with E-state index in [0.29, 0.717) is 37.1 Å². The molecule has 0 bridgehead atoms. The van der Waals surface area contributed by atoms with Crippen LogP contribution in [0.3, 0.4) is 0 Å². The minimum atomic E-state index is -0.998. The molecule has 34 heavy (non-hydrogen) atoms. The molecular formula is C26H29NO6S. The van der Waals surface area contributed by atoms with E-state index in [-0.39, 0.29) is 29.0 Å². The topological polar surface area (TPSA) is 85.3 Å². The lowest BCUT2D eigenvalue weighted by Crippen LogP contribution is -2.55. The molecule has 0 unspecified atom stereocenters. The number of benzene rings is 2. The van der Waals surface area contributed by atoms with Gasteiger partial charge < -0.3 is 24.2 Å². The van der Waals surface area contributed by atoms with Crippen molar-refractivity contribution in [3.05, 3.63) is 47.0 Å². The van der Waals surface area contributed by atoms with Crippen LogP contribution in [0.25, 0.3) is 0 Å². The summed E-state index contributed by atoms with van der Waals surface area (Å²) in [6.45, 7) is 9.51. The van der Waals surface area contributed by atoms with Crippen LogP contribution in [0.15, 0.2) is 30.3 Å². The zero-order chi connectivity index (χ0) is 24.2. The van der Waals surface area contributed by atoms with Crippen LogP contribution in [-0.2, 0) is 9.59 Å². The minimum absolute atomic E-state index is 0.188. The van der Waals surface area contributed by atoms with E-state index < -0.39 is 11.2 Å². The van der Waals surface area contributed by atoms with Crippen molar-refractivity contribution >= 4 is 29.3 Å². The fourth-order valence-electron chi connectivity index (χ4n) is 4.93. The van der Waals surface area contributed by atoms with Gasteiger partial charge in [-0.05, 0) is 35.6 Å². The van der Waals surface area contributed by atoms with E-state index in [0.717, 1.165) is 22.4 Å². The molecule has 0 aromatic heterocycles. The standard InChI is InChI=1S/C26H29NO6S/c1-14-10-16-22-18(11-14)33-13-20(26(2,3)4)27(22)25(30)19(12-21(28)29)34-24(16)15-6-5-7-17-23(15)32-9-8-31-17/h5-7,10-11,19-20,24H,8-9,12-13H2,1-4H3,(H,28,29)/t19-,20+,24-/m1/s1. The molecule has 0 spiro atoms. The number of thioether (sulfide) groups is 1. The Bertz CT molecular complexity index is 1160. The molecule has 8 heteroatoms. The number of carbonyl (C=O) groups is 2. The molecule has 3 atom stereocenters. The quantitative estimate of drug-likeness (QED) is 0.684. The summed E-state index contributed by atoms with van der Waals surface area (Å²) in [6.07, 6.45) is -0.261. The Kier molecular flexibility index (Phi) is 5.67. The lowest BCUT2D eigenvalue weighted by Gasteiger charge is -2.44. The number of aliphatic carboxylic acids is 1. The van der Waals surface area contributed by atoms with Crippen molar-refractivity contribution in [2.45, 2.75) is 50.7 Å². The molecule has 5 rings (SSSR count). The summed E-state index contributed by atoms with van der Waals surface area (Å²) in [6, 6.07) is 9.57. The molecule has 0 saturated carbocycles. The van der Waals surface area contributed by atoms with Gasteiger partial charge in [0.25, 0.3) is 0 Å². The zero-order valence-corrected chi connectivity index (χ0v) is 20.6. The Morgan fingerprint density at radius 2 is 1.88 bits per heavy atom. The average Bonchev–Trinajstić information content (AvgIpc) is 2.89. The van der Waals surface area contributed by atoms with Crippen LogP contribution in [0.5, 0.6) is 17.2 Å². The minimum Gasteiger partial charge on any atom is -0.489 e. The highest BCUT2D eigenvalue weighted by atomic mass is 32.2. The van der Waals surface area contributed by atoms with E-state index in [2.05, 4.69) is 26.8 Å².